The quantitative estimate of drug-likeness (QED) is 0.271. The van der Waals surface area contributed by atoms with E-state index in [0.29, 0.717) is 11.4 Å². The Morgan fingerprint density at radius 3 is 2.54 bits per heavy atom. The molecule has 5 rings (SSSR count). The molecular formula is C30H28N6O3. The fourth-order valence-corrected chi connectivity index (χ4v) is 4.33. The second-order valence-electron chi connectivity index (χ2n) is 8.88. The van der Waals surface area contributed by atoms with Crippen LogP contribution in [0.15, 0.2) is 91.3 Å². The van der Waals surface area contributed by atoms with E-state index in [1.54, 1.807) is 24.5 Å². The van der Waals surface area contributed by atoms with Crippen molar-refractivity contribution in [2.75, 3.05) is 18.6 Å². The molecule has 0 aliphatic rings. The zero-order valence-electron chi connectivity index (χ0n) is 21.7. The highest BCUT2D eigenvalue weighted by atomic mass is 16.5. The Morgan fingerprint density at radius 2 is 1.79 bits per heavy atom. The maximum absolute atomic E-state index is 13.4. The smallest absolute Gasteiger partial charge is 0.330 e. The summed E-state index contributed by atoms with van der Waals surface area (Å²) < 4.78 is 5.05. The van der Waals surface area contributed by atoms with Crippen molar-refractivity contribution in [2.45, 2.75) is 19.4 Å². The van der Waals surface area contributed by atoms with Gasteiger partial charge >= 0.3 is 5.97 Å². The van der Waals surface area contributed by atoms with E-state index in [9.17, 15) is 9.59 Å². The van der Waals surface area contributed by atoms with Gasteiger partial charge in [-0.25, -0.2) is 19.7 Å². The summed E-state index contributed by atoms with van der Waals surface area (Å²) in [6.45, 7) is 2.13. The van der Waals surface area contributed by atoms with E-state index in [-0.39, 0.29) is 12.5 Å². The van der Waals surface area contributed by atoms with Crippen LogP contribution in [0.4, 0.5) is 11.5 Å². The number of methoxy groups -OCH3 is 1. The van der Waals surface area contributed by atoms with Crippen LogP contribution in [0.2, 0.25) is 0 Å². The van der Waals surface area contributed by atoms with E-state index in [4.69, 9.17) is 4.74 Å². The van der Waals surface area contributed by atoms with E-state index >= 15 is 0 Å². The van der Waals surface area contributed by atoms with Gasteiger partial charge in [-0.3, -0.25) is 4.79 Å². The molecule has 3 aromatic heterocycles. The predicted molar refractivity (Wildman–Crippen MR) is 150 cm³/mol. The van der Waals surface area contributed by atoms with E-state index in [2.05, 4.69) is 25.3 Å². The number of nitrogens with one attached hydrogen (secondary N) is 2. The summed E-state index contributed by atoms with van der Waals surface area (Å²) in [5, 5.41) is 3.71. The van der Waals surface area contributed by atoms with Crippen molar-refractivity contribution < 1.29 is 14.3 Å². The van der Waals surface area contributed by atoms with E-state index < -0.39 is 12.0 Å². The zero-order valence-corrected chi connectivity index (χ0v) is 21.7. The van der Waals surface area contributed by atoms with Crippen molar-refractivity contribution >= 4 is 34.3 Å². The van der Waals surface area contributed by atoms with Crippen molar-refractivity contribution in [2.24, 2.45) is 0 Å². The van der Waals surface area contributed by atoms with E-state index in [0.717, 1.165) is 40.2 Å². The van der Waals surface area contributed by atoms with Crippen molar-refractivity contribution in [3.05, 3.63) is 103 Å². The molecule has 9 heteroatoms. The van der Waals surface area contributed by atoms with Crippen LogP contribution in [-0.4, -0.2) is 51.5 Å². The number of aryl methyl sites for hydroxylation is 1. The van der Waals surface area contributed by atoms with Crippen LogP contribution < -0.4 is 10.2 Å². The molecule has 0 radical (unpaired) electrons. The number of carbonyl (C=O) groups is 2. The van der Waals surface area contributed by atoms with Crippen molar-refractivity contribution in [1.82, 2.24) is 25.3 Å². The van der Waals surface area contributed by atoms with Gasteiger partial charge in [-0.05, 0) is 54.6 Å². The minimum Gasteiger partial charge on any atom is -0.467 e. The van der Waals surface area contributed by atoms with Gasteiger partial charge in [-0.15, -0.1) is 0 Å². The second-order valence-corrected chi connectivity index (χ2v) is 8.88. The Labute approximate surface area is 225 Å². The molecular weight excluding hydrogens is 492 g/mol. The molecule has 0 spiro atoms. The minimum absolute atomic E-state index is 0.128. The van der Waals surface area contributed by atoms with Crippen LogP contribution in [0.5, 0.6) is 0 Å². The fraction of sp³-hybridized carbons (Fsp3) is 0.167. The van der Waals surface area contributed by atoms with Crippen LogP contribution in [0.1, 0.15) is 23.1 Å². The first kappa shape index (κ1) is 25.6. The standard InChI is InChI=1S/C30H28N6O3/c1-3-27-31-16-14-24(34-27)25-18-21-17-20(12-13-23(21)33-25)29(37)35-26(30(38)39-2)19-36(22-9-5-4-6-10-22)28-11-7-8-15-32-28/h4-18,26,33H,3,19H2,1-2H3,(H,35,37)/t26-/m0/s1. The van der Waals surface area contributed by atoms with Crippen molar-refractivity contribution in [3.8, 4) is 11.4 Å². The molecule has 0 unspecified atom stereocenters. The Kier molecular flexibility index (Phi) is 7.58. The molecule has 0 aliphatic heterocycles. The maximum Gasteiger partial charge on any atom is 0.330 e. The van der Waals surface area contributed by atoms with Gasteiger partial charge in [-0.1, -0.05) is 31.2 Å². The lowest BCUT2D eigenvalue weighted by Crippen LogP contribution is -2.48. The van der Waals surface area contributed by atoms with Gasteiger partial charge in [0.1, 0.15) is 17.7 Å². The number of aromatic amines is 1. The molecule has 0 saturated carbocycles. The number of hydrogen-bond donors (Lipinski definition) is 2. The normalized spacial score (nSPS) is 11.6. The first-order valence-electron chi connectivity index (χ1n) is 12.6. The number of para-hydroxylation sites is 1. The van der Waals surface area contributed by atoms with Gasteiger partial charge in [0.05, 0.1) is 25.0 Å². The minimum atomic E-state index is -0.948. The molecule has 39 heavy (non-hydrogen) atoms. The highest BCUT2D eigenvalue weighted by Gasteiger charge is 2.26. The zero-order chi connectivity index (χ0) is 27.2. The molecule has 0 fully saturated rings. The highest BCUT2D eigenvalue weighted by molar-refractivity contribution is 6.00. The monoisotopic (exact) mass is 520 g/mol. The number of nitrogens with zero attached hydrogens (tertiary/aromatic N) is 4. The van der Waals surface area contributed by atoms with Gasteiger partial charge in [0.25, 0.3) is 5.91 Å². The third kappa shape index (κ3) is 5.77. The Balaban J connectivity index is 1.40. The van der Waals surface area contributed by atoms with Gasteiger partial charge in [-0.2, -0.15) is 0 Å². The first-order chi connectivity index (χ1) is 19.1. The Morgan fingerprint density at radius 1 is 0.974 bits per heavy atom. The van der Waals surface area contributed by atoms with Crippen LogP contribution in [0.25, 0.3) is 22.3 Å². The number of pyridine rings is 1. The lowest BCUT2D eigenvalue weighted by molar-refractivity contribution is -0.142. The number of ether oxygens (including phenoxy) is 1. The lowest BCUT2D eigenvalue weighted by atomic mass is 10.1. The summed E-state index contributed by atoms with van der Waals surface area (Å²) in [6.07, 6.45) is 4.16. The summed E-state index contributed by atoms with van der Waals surface area (Å²) >= 11 is 0. The molecule has 0 aliphatic carbocycles. The molecule has 2 aromatic carbocycles. The fourth-order valence-electron chi connectivity index (χ4n) is 4.33. The average Bonchev–Trinajstić information content (AvgIpc) is 3.43. The third-order valence-corrected chi connectivity index (χ3v) is 6.33. The number of anilines is 2. The van der Waals surface area contributed by atoms with Gasteiger partial charge in [0.15, 0.2) is 0 Å². The number of benzene rings is 2. The molecule has 196 valence electrons. The highest BCUT2D eigenvalue weighted by Crippen LogP contribution is 2.25. The molecule has 1 atom stereocenters. The summed E-state index contributed by atoms with van der Waals surface area (Å²) in [4.78, 5) is 44.7. The molecule has 5 aromatic rings. The number of esters is 1. The lowest BCUT2D eigenvalue weighted by Gasteiger charge is -2.28. The van der Waals surface area contributed by atoms with Crippen LogP contribution >= 0.6 is 0 Å². The summed E-state index contributed by atoms with van der Waals surface area (Å²) in [6, 6.07) is 23.3. The van der Waals surface area contributed by atoms with Gasteiger partial charge in [0, 0.05) is 41.0 Å². The molecule has 3 heterocycles. The first-order valence-corrected chi connectivity index (χ1v) is 12.6. The van der Waals surface area contributed by atoms with Crippen LogP contribution in [0, 0.1) is 0 Å². The average molecular weight is 521 g/mol. The van der Waals surface area contributed by atoms with E-state index in [1.165, 1.54) is 7.11 Å². The van der Waals surface area contributed by atoms with Crippen molar-refractivity contribution in [3.63, 3.8) is 0 Å². The predicted octanol–water partition coefficient (Wildman–Crippen LogP) is 4.69. The summed E-state index contributed by atoms with van der Waals surface area (Å²) in [7, 11) is 1.31. The number of aromatic nitrogens is 4. The number of fused-ring (bicyclic) bond motifs is 1. The Bertz CT molecular complexity index is 1550. The SMILES string of the molecule is CCc1nccc(-c2cc3cc(C(=O)N[C@@H](CN(c4ccccc4)c4ccccn4)C(=O)OC)ccc3[nH]2)n1. The largest absolute Gasteiger partial charge is 0.467 e. The van der Waals surface area contributed by atoms with Crippen LogP contribution in [0.3, 0.4) is 0 Å². The molecule has 0 saturated heterocycles. The number of carbonyl (C=O) groups excluding carboxylic acids is 2. The second kappa shape index (κ2) is 11.6. The molecule has 1 amide bonds. The molecule has 2 N–H and O–H groups in total. The number of amides is 1. The maximum atomic E-state index is 13.4. The van der Waals surface area contributed by atoms with Crippen molar-refractivity contribution in [1.29, 1.82) is 0 Å². The number of H-pyrrole nitrogens is 1. The molecule has 0 bridgehead atoms. The Hall–Kier alpha value is -5.05. The van der Waals surface area contributed by atoms with E-state index in [1.807, 2.05) is 78.6 Å². The third-order valence-electron chi connectivity index (χ3n) is 6.33. The number of hydrogen-bond acceptors (Lipinski definition) is 7. The topological polar surface area (TPSA) is 113 Å². The number of rotatable bonds is 9. The summed E-state index contributed by atoms with van der Waals surface area (Å²) in [5.41, 5.74) is 3.74. The molecule has 9 nitrogen and oxygen atoms in total. The van der Waals surface area contributed by atoms with Gasteiger partial charge < -0.3 is 19.9 Å². The summed E-state index contributed by atoms with van der Waals surface area (Å²) in [5.74, 6) is 0.458. The van der Waals surface area contributed by atoms with Gasteiger partial charge in [0.2, 0.25) is 0 Å². The van der Waals surface area contributed by atoms with Crippen LogP contribution in [-0.2, 0) is 16.0 Å².